The molecule has 0 bridgehead atoms. The van der Waals surface area contributed by atoms with Crippen LogP contribution in [0.1, 0.15) is 51.0 Å². The number of hydrogen-bond acceptors (Lipinski definition) is 1. The van der Waals surface area contributed by atoms with E-state index in [1.54, 1.807) is 6.07 Å². The van der Waals surface area contributed by atoms with Crippen molar-refractivity contribution in [3.63, 3.8) is 0 Å². The molecular weight excluding hydrogens is 268 g/mol. The van der Waals surface area contributed by atoms with E-state index in [1.165, 1.54) is 30.9 Å². The molecule has 2 rings (SSSR count). The van der Waals surface area contributed by atoms with Gasteiger partial charge in [0.1, 0.15) is 11.6 Å². The predicted molar refractivity (Wildman–Crippen MR) is 83.3 cm³/mol. The van der Waals surface area contributed by atoms with Gasteiger partial charge in [0, 0.05) is 12.1 Å². The number of hydrogen-bond donors (Lipinski definition) is 1. The first-order valence-electron chi connectivity index (χ1n) is 8.04. The van der Waals surface area contributed by atoms with Crippen LogP contribution in [0.25, 0.3) is 0 Å². The van der Waals surface area contributed by atoms with E-state index < -0.39 is 11.6 Å². The third kappa shape index (κ3) is 5.24. The van der Waals surface area contributed by atoms with Crippen molar-refractivity contribution in [1.82, 2.24) is 5.32 Å². The molecule has 0 aliphatic heterocycles. The van der Waals surface area contributed by atoms with Crippen molar-refractivity contribution in [2.24, 2.45) is 0 Å². The Morgan fingerprint density at radius 1 is 1.19 bits per heavy atom. The quantitative estimate of drug-likeness (QED) is 0.714. The molecular formula is C18H25F2N. The van der Waals surface area contributed by atoms with Crippen molar-refractivity contribution < 1.29 is 8.78 Å². The molecule has 0 radical (unpaired) electrons. The maximum Gasteiger partial charge on any atom is 0.129 e. The van der Waals surface area contributed by atoms with Crippen molar-refractivity contribution in [2.75, 3.05) is 6.54 Å². The third-order valence-electron chi connectivity index (χ3n) is 4.06. The largest absolute Gasteiger partial charge is 0.313 e. The van der Waals surface area contributed by atoms with Crippen LogP contribution in [0, 0.1) is 11.6 Å². The average Bonchev–Trinajstić information content (AvgIpc) is 2.48. The number of halogens is 2. The lowest BCUT2D eigenvalue weighted by Gasteiger charge is -2.22. The first-order valence-corrected chi connectivity index (χ1v) is 8.04. The summed E-state index contributed by atoms with van der Waals surface area (Å²) in [5.74, 6) is -0.944. The molecule has 0 aromatic heterocycles. The topological polar surface area (TPSA) is 12.0 Å². The molecule has 1 aliphatic rings. The second-order valence-corrected chi connectivity index (χ2v) is 5.90. The summed E-state index contributed by atoms with van der Waals surface area (Å²) in [7, 11) is 0. The van der Waals surface area contributed by atoms with E-state index >= 15 is 0 Å². The maximum absolute atomic E-state index is 13.8. The van der Waals surface area contributed by atoms with E-state index in [-0.39, 0.29) is 6.04 Å². The van der Waals surface area contributed by atoms with E-state index in [4.69, 9.17) is 0 Å². The van der Waals surface area contributed by atoms with Gasteiger partial charge in [-0.3, -0.25) is 0 Å². The fourth-order valence-corrected chi connectivity index (χ4v) is 2.92. The third-order valence-corrected chi connectivity index (χ3v) is 4.06. The van der Waals surface area contributed by atoms with Crippen LogP contribution in [0.4, 0.5) is 8.78 Å². The molecule has 0 amide bonds. The summed E-state index contributed by atoms with van der Waals surface area (Å²) >= 11 is 0. The summed E-state index contributed by atoms with van der Waals surface area (Å²) < 4.78 is 26.8. The van der Waals surface area contributed by atoms with Gasteiger partial charge in [0.25, 0.3) is 0 Å². The van der Waals surface area contributed by atoms with Gasteiger partial charge >= 0.3 is 0 Å². The Balaban J connectivity index is 2.02. The highest BCUT2D eigenvalue weighted by Gasteiger charge is 2.15. The van der Waals surface area contributed by atoms with Gasteiger partial charge in [-0.15, -0.1) is 0 Å². The second kappa shape index (κ2) is 8.28. The van der Waals surface area contributed by atoms with Gasteiger partial charge < -0.3 is 5.32 Å². The molecule has 0 fully saturated rings. The fraction of sp³-hybridized carbons (Fsp3) is 0.556. The minimum Gasteiger partial charge on any atom is -0.313 e. The smallest absolute Gasteiger partial charge is 0.129 e. The van der Waals surface area contributed by atoms with E-state index in [9.17, 15) is 8.78 Å². The van der Waals surface area contributed by atoms with Crippen molar-refractivity contribution in [2.45, 2.75) is 57.9 Å². The molecule has 1 aliphatic carbocycles. The Hall–Kier alpha value is -1.22. The Labute approximate surface area is 126 Å². The van der Waals surface area contributed by atoms with Crippen molar-refractivity contribution in [3.8, 4) is 0 Å². The van der Waals surface area contributed by atoms with E-state index in [0.29, 0.717) is 12.0 Å². The van der Waals surface area contributed by atoms with Gasteiger partial charge in [0.05, 0.1) is 0 Å². The summed E-state index contributed by atoms with van der Waals surface area (Å²) in [4.78, 5) is 0. The second-order valence-electron chi connectivity index (χ2n) is 5.90. The van der Waals surface area contributed by atoms with Gasteiger partial charge in [-0.05, 0) is 63.1 Å². The minimum atomic E-state index is -0.510. The van der Waals surface area contributed by atoms with Gasteiger partial charge in [0.15, 0.2) is 0 Å². The molecule has 0 spiro atoms. The van der Waals surface area contributed by atoms with Crippen molar-refractivity contribution in [3.05, 3.63) is 47.0 Å². The van der Waals surface area contributed by atoms with Crippen LogP contribution in [0.5, 0.6) is 0 Å². The highest BCUT2D eigenvalue weighted by Crippen LogP contribution is 2.23. The SMILES string of the molecule is CCCNC(CC1=CCCCC1)Cc1ccc(F)cc1F. The molecule has 0 saturated carbocycles. The lowest BCUT2D eigenvalue weighted by Crippen LogP contribution is -2.32. The van der Waals surface area contributed by atoms with Gasteiger partial charge in [0.2, 0.25) is 0 Å². The first kappa shape index (κ1) is 16.2. The van der Waals surface area contributed by atoms with Crippen LogP contribution in [-0.4, -0.2) is 12.6 Å². The zero-order valence-electron chi connectivity index (χ0n) is 12.8. The van der Waals surface area contributed by atoms with Crippen LogP contribution in [0.2, 0.25) is 0 Å². The number of benzene rings is 1. The van der Waals surface area contributed by atoms with Crippen molar-refractivity contribution >= 4 is 0 Å². The Morgan fingerprint density at radius 2 is 2.05 bits per heavy atom. The molecule has 3 heteroatoms. The Bertz CT molecular complexity index is 482. The summed E-state index contributed by atoms with van der Waals surface area (Å²) in [6, 6.07) is 4.12. The zero-order chi connectivity index (χ0) is 15.1. The molecule has 116 valence electrons. The number of nitrogens with one attached hydrogen (secondary N) is 1. The summed E-state index contributed by atoms with van der Waals surface area (Å²) in [5, 5.41) is 3.51. The average molecular weight is 293 g/mol. The highest BCUT2D eigenvalue weighted by atomic mass is 19.1. The monoisotopic (exact) mass is 293 g/mol. The first-order chi connectivity index (χ1) is 10.2. The fourth-order valence-electron chi connectivity index (χ4n) is 2.92. The zero-order valence-corrected chi connectivity index (χ0v) is 12.8. The molecule has 1 aromatic rings. The lowest BCUT2D eigenvalue weighted by atomic mass is 9.91. The molecule has 0 saturated heterocycles. The molecule has 1 aromatic carbocycles. The Kier molecular flexibility index (Phi) is 6.37. The molecule has 1 N–H and O–H groups in total. The molecule has 1 atom stereocenters. The van der Waals surface area contributed by atoms with Crippen LogP contribution in [0.3, 0.4) is 0 Å². The molecule has 21 heavy (non-hydrogen) atoms. The number of allylic oxidation sites excluding steroid dienone is 1. The predicted octanol–water partition coefficient (Wildman–Crippen LogP) is 4.77. The van der Waals surface area contributed by atoms with Crippen molar-refractivity contribution in [1.29, 1.82) is 0 Å². The standard InChI is InChI=1S/C18H25F2N/c1-2-10-21-17(11-14-6-4-3-5-7-14)12-15-8-9-16(19)13-18(15)20/h6,8-9,13,17,21H,2-5,7,10-12H2,1H3. The molecule has 0 heterocycles. The summed E-state index contributed by atoms with van der Waals surface area (Å²) in [6.07, 6.45) is 9.85. The Morgan fingerprint density at radius 3 is 2.71 bits per heavy atom. The van der Waals surface area contributed by atoms with E-state index in [0.717, 1.165) is 31.9 Å². The van der Waals surface area contributed by atoms with E-state index in [1.807, 2.05) is 0 Å². The summed E-state index contributed by atoms with van der Waals surface area (Å²) in [6.45, 7) is 3.06. The van der Waals surface area contributed by atoms with E-state index in [2.05, 4.69) is 18.3 Å². The van der Waals surface area contributed by atoms with Crippen LogP contribution in [0.15, 0.2) is 29.8 Å². The maximum atomic E-state index is 13.8. The highest BCUT2D eigenvalue weighted by molar-refractivity contribution is 5.20. The van der Waals surface area contributed by atoms with Gasteiger partial charge in [-0.25, -0.2) is 8.78 Å². The normalized spacial score (nSPS) is 16.6. The van der Waals surface area contributed by atoms with Gasteiger partial charge in [-0.2, -0.15) is 0 Å². The number of rotatable bonds is 7. The van der Waals surface area contributed by atoms with Gasteiger partial charge in [-0.1, -0.05) is 24.6 Å². The van der Waals surface area contributed by atoms with Crippen LogP contribution in [-0.2, 0) is 6.42 Å². The van der Waals surface area contributed by atoms with Crippen LogP contribution >= 0.6 is 0 Å². The molecule has 1 nitrogen and oxygen atoms in total. The lowest BCUT2D eigenvalue weighted by molar-refractivity contribution is 0.478. The minimum absolute atomic E-state index is 0.231. The summed E-state index contributed by atoms with van der Waals surface area (Å²) in [5.41, 5.74) is 2.08. The van der Waals surface area contributed by atoms with Crippen LogP contribution < -0.4 is 5.32 Å². The molecule has 1 unspecified atom stereocenters.